The molecule has 0 heterocycles. The Morgan fingerprint density at radius 2 is 1.60 bits per heavy atom. The maximum absolute atomic E-state index is 11.6. The van der Waals surface area contributed by atoms with Crippen LogP contribution in [0.3, 0.4) is 0 Å². The van der Waals surface area contributed by atoms with Crippen molar-refractivity contribution < 1.29 is 14.3 Å². The van der Waals surface area contributed by atoms with Crippen molar-refractivity contribution in [1.82, 2.24) is 0 Å². The molecular formula is C16H15NO3. The standard InChI is InChI=1S/C16H15NO3/c1-19-14-7-2-12(3-8-14)4-11-16(18)20-15-9-5-13(17)6-10-15/h2-11H,17H2,1H3/b11-4+. The molecule has 4 nitrogen and oxygen atoms in total. The number of anilines is 1. The Bertz CT molecular complexity index is 601. The minimum atomic E-state index is -0.439. The van der Waals surface area contributed by atoms with Gasteiger partial charge in [-0.05, 0) is 48.0 Å². The number of hydrogen-bond donors (Lipinski definition) is 1. The Labute approximate surface area is 117 Å². The van der Waals surface area contributed by atoms with E-state index in [4.69, 9.17) is 15.2 Å². The molecule has 2 aromatic rings. The number of esters is 1. The summed E-state index contributed by atoms with van der Waals surface area (Å²) in [5, 5.41) is 0. The lowest BCUT2D eigenvalue weighted by atomic mass is 10.2. The molecule has 4 heteroatoms. The first-order valence-electron chi connectivity index (χ1n) is 6.07. The number of nitrogens with two attached hydrogens (primary N) is 1. The topological polar surface area (TPSA) is 61.5 Å². The fourth-order valence-electron chi connectivity index (χ4n) is 1.57. The highest BCUT2D eigenvalue weighted by Gasteiger charge is 2.00. The summed E-state index contributed by atoms with van der Waals surface area (Å²) in [6.07, 6.45) is 3.05. The predicted molar refractivity (Wildman–Crippen MR) is 78.5 cm³/mol. The van der Waals surface area contributed by atoms with Gasteiger partial charge in [-0.2, -0.15) is 0 Å². The van der Waals surface area contributed by atoms with E-state index in [0.717, 1.165) is 11.3 Å². The van der Waals surface area contributed by atoms with Gasteiger partial charge < -0.3 is 15.2 Å². The Kier molecular flexibility index (Phi) is 4.39. The molecule has 0 aliphatic carbocycles. The lowest BCUT2D eigenvalue weighted by molar-refractivity contribution is -0.128. The third-order valence-corrected chi connectivity index (χ3v) is 2.63. The number of nitrogen functional groups attached to an aromatic ring is 1. The molecule has 20 heavy (non-hydrogen) atoms. The molecule has 0 saturated carbocycles. The van der Waals surface area contributed by atoms with Crippen LogP contribution < -0.4 is 15.2 Å². The first kappa shape index (κ1) is 13.7. The predicted octanol–water partition coefficient (Wildman–Crippen LogP) is 2.90. The quantitative estimate of drug-likeness (QED) is 0.401. The fraction of sp³-hybridized carbons (Fsp3) is 0.0625. The average molecular weight is 269 g/mol. The molecule has 0 fully saturated rings. The van der Waals surface area contributed by atoms with E-state index in [0.29, 0.717) is 11.4 Å². The fourth-order valence-corrected chi connectivity index (χ4v) is 1.57. The Hall–Kier alpha value is -2.75. The molecule has 0 spiro atoms. The molecule has 102 valence electrons. The van der Waals surface area contributed by atoms with Gasteiger partial charge in [0.05, 0.1) is 7.11 Å². The average Bonchev–Trinajstić information content (AvgIpc) is 2.48. The molecule has 0 radical (unpaired) electrons. The van der Waals surface area contributed by atoms with Gasteiger partial charge in [0, 0.05) is 11.8 Å². The van der Waals surface area contributed by atoms with Gasteiger partial charge in [-0.3, -0.25) is 0 Å². The summed E-state index contributed by atoms with van der Waals surface area (Å²) in [5.41, 5.74) is 7.06. The van der Waals surface area contributed by atoms with E-state index < -0.39 is 5.97 Å². The van der Waals surface area contributed by atoms with Crippen molar-refractivity contribution in [2.24, 2.45) is 0 Å². The first-order chi connectivity index (χ1) is 9.67. The van der Waals surface area contributed by atoms with E-state index in [1.165, 1.54) is 6.08 Å². The normalized spacial score (nSPS) is 10.4. The zero-order valence-electron chi connectivity index (χ0n) is 11.1. The summed E-state index contributed by atoms with van der Waals surface area (Å²) >= 11 is 0. The SMILES string of the molecule is COc1ccc(/C=C/C(=O)Oc2ccc(N)cc2)cc1. The van der Waals surface area contributed by atoms with Crippen LogP contribution in [0.25, 0.3) is 6.08 Å². The highest BCUT2D eigenvalue weighted by atomic mass is 16.5. The second-order valence-corrected chi connectivity index (χ2v) is 4.10. The van der Waals surface area contributed by atoms with Crippen molar-refractivity contribution in [3.63, 3.8) is 0 Å². The van der Waals surface area contributed by atoms with E-state index in [1.54, 1.807) is 37.5 Å². The minimum absolute atomic E-state index is 0.439. The van der Waals surface area contributed by atoms with Crippen LogP contribution in [0.2, 0.25) is 0 Å². The smallest absolute Gasteiger partial charge is 0.336 e. The van der Waals surface area contributed by atoms with Crippen molar-refractivity contribution >= 4 is 17.7 Å². The highest BCUT2D eigenvalue weighted by molar-refractivity contribution is 5.88. The zero-order valence-corrected chi connectivity index (χ0v) is 11.1. The molecule has 2 rings (SSSR count). The van der Waals surface area contributed by atoms with Gasteiger partial charge in [-0.25, -0.2) is 4.79 Å². The number of carbonyl (C=O) groups is 1. The van der Waals surface area contributed by atoms with Gasteiger partial charge in [-0.15, -0.1) is 0 Å². The third kappa shape index (κ3) is 3.88. The maximum atomic E-state index is 11.6. The summed E-state index contributed by atoms with van der Waals surface area (Å²) in [5.74, 6) is 0.792. The van der Waals surface area contributed by atoms with Crippen LogP contribution in [-0.2, 0) is 4.79 Å². The number of ether oxygens (including phenoxy) is 2. The molecule has 0 amide bonds. The lowest BCUT2D eigenvalue weighted by Crippen LogP contribution is -2.03. The Morgan fingerprint density at radius 1 is 1.00 bits per heavy atom. The summed E-state index contributed by atoms with van der Waals surface area (Å²) in [6, 6.07) is 14.0. The van der Waals surface area contributed by atoms with Crippen molar-refractivity contribution in [2.75, 3.05) is 12.8 Å². The maximum Gasteiger partial charge on any atom is 0.336 e. The van der Waals surface area contributed by atoms with Crippen LogP contribution in [0.5, 0.6) is 11.5 Å². The summed E-state index contributed by atoms with van der Waals surface area (Å²) in [6.45, 7) is 0. The summed E-state index contributed by atoms with van der Waals surface area (Å²) < 4.78 is 10.2. The lowest BCUT2D eigenvalue weighted by Gasteiger charge is -2.01. The van der Waals surface area contributed by atoms with E-state index in [9.17, 15) is 4.79 Å². The van der Waals surface area contributed by atoms with Gasteiger partial charge in [0.2, 0.25) is 0 Å². The number of carbonyl (C=O) groups excluding carboxylic acids is 1. The van der Waals surface area contributed by atoms with Gasteiger partial charge in [-0.1, -0.05) is 12.1 Å². The summed E-state index contributed by atoms with van der Waals surface area (Å²) in [7, 11) is 1.61. The van der Waals surface area contributed by atoms with Gasteiger partial charge >= 0.3 is 5.97 Å². The van der Waals surface area contributed by atoms with Gasteiger partial charge in [0.15, 0.2) is 0 Å². The van der Waals surface area contributed by atoms with E-state index >= 15 is 0 Å². The minimum Gasteiger partial charge on any atom is -0.497 e. The second kappa shape index (κ2) is 6.43. The van der Waals surface area contributed by atoms with Crippen LogP contribution in [0.4, 0.5) is 5.69 Å². The van der Waals surface area contributed by atoms with Crippen LogP contribution in [-0.4, -0.2) is 13.1 Å². The third-order valence-electron chi connectivity index (χ3n) is 2.63. The number of hydrogen-bond acceptors (Lipinski definition) is 4. The molecule has 0 aliphatic rings. The molecule has 0 aliphatic heterocycles. The molecule has 0 atom stereocenters. The molecule has 2 N–H and O–H groups in total. The zero-order chi connectivity index (χ0) is 14.4. The highest BCUT2D eigenvalue weighted by Crippen LogP contribution is 2.14. The monoisotopic (exact) mass is 269 g/mol. The number of methoxy groups -OCH3 is 1. The van der Waals surface area contributed by atoms with E-state index in [-0.39, 0.29) is 0 Å². The molecule has 0 aromatic heterocycles. The molecule has 0 unspecified atom stereocenters. The molecule has 0 bridgehead atoms. The summed E-state index contributed by atoms with van der Waals surface area (Å²) in [4.78, 5) is 11.6. The van der Waals surface area contributed by atoms with Gasteiger partial charge in [0.1, 0.15) is 11.5 Å². The number of benzene rings is 2. The van der Waals surface area contributed by atoms with Crippen molar-refractivity contribution in [3.8, 4) is 11.5 Å². The van der Waals surface area contributed by atoms with Crippen molar-refractivity contribution in [2.45, 2.75) is 0 Å². The molecule has 2 aromatic carbocycles. The van der Waals surface area contributed by atoms with Crippen molar-refractivity contribution in [1.29, 1.82) is 0 Å². The largest absolute Gasteiger partial charge is 0.497 e. The first-order valence-corrected chi connectivity index (χ1v) is 6.07. The molecule has 0 saturated heterocycles. The van der Waals surface area contributed by atoms with Crippen LogP contribution >= 0.6 is 0 Å². The molecular weight excluding hydrogens is 254 g/mol. The van der Waals surface area contributed by atoms with E-state index in [1.807, 2.05) is 24.3 Å². The Morgan fingerprint density at radius 3 is 2.20 bits per heavy atom. The van der Waals surface area contributed by atoms with Crippen LogP contribution in [0, 0.1) is 0 Å². The van der Waals surface area contributed by atoms with Crippen molar-refractivity contribution in [3.05, 3.63) is 60.2 Å². The number of rotatable bonds is 4. The Balaban J connectivity index is 1.96. The van der Waals surface area contributed by atoms with Crippen LogP contribution in [0.1, 0.15) is 5.56 Å². The van der Waals surface area contributed by atoms with Crippen LogP contribution in [0.15, 0.2) is 54.6 Å². The van der Waals surface area contributed by atoms with E-state index in [2.05, 4.69) is 0 Å². The van der Waals surface area contributed by atoms with Gasteiger partial charge in [0.25, 0.3) is 0 Å². The second-order valence-electron chi connectivity index (χ2n) is 4.10.